The molecule has 0 radical (unpaired) electrons. The first kappa shape index (κ1) is 14.0. The predicted molar refractivity (Wildman–Crippen MR) is 65.7 cm³/mol. The van der Waals surface area contributed by atoms with Crippen LogP contribution in [0.3, 0.4) is 0 Å². The van der Waals surface area contributed by atoms with E-state index in [1.165, 1.54) is 6.42 Å². The Labute approximate surface area is 103 Å². The highest BCUT2D eigenvalue weighted by Gasteiger charge is 2.34. The van der Waals surface area contributed by atoms with E-state index in [1.807, 2.05) is 0 Å². The maximum absolute atomic E-state index is 11.9. The summed E-state index contributed by atoms with van der Waals surface area (Å²) in [6.07, 6.45) is 5.53. The summed E-state index contributed by atoms with van der Waals surface area (Å²) >= 11 is 0. The van der Waals surface area contributed by atoms with Crippen LogP contribution in [0, 0.1) is 5.41 Å². The third-order valence-electron chi connectivity index (χ3n) is 3.58. The summed E-state index contributed by atoms with van der Waals surface area (Å²) in [7, 11) is 0. The molecule has 0 spiro atoms. The number of hydrogen-bond acceptors (Lipinski definition) is 2. The topological polar surface area (TPSA) is 66.4 Å². The monoisotopic (exact) mass is 241 g/mol. The SMILES string of the molecule is CC1(NC(=O)CC(C)(C)C(=O)O)CCCCC1. The molecule has 4 nitrogen and oxygen atoms in total. The Morgan fingerprint density at radius 3 is 2.24 bits per heavy atom. The smallest absolute Gasteiger partial charge is 0.309 e. The van der Waals surface area contributed by atoms with Crippen molar-refractivity contribution in [3.05, 3.63) is 0 Å². The number of carbonyl (C=O) groups is 2. The standard InChI is InChI=1S/C13H23NO3/c1-12(2,11(16)17)9-10(15)14-13(3)7-5-4-6-8-13/h4-9H2,1-3H3,(H,14,15)(H,16,17). The molecule has 1 amide bonds. The number of rotatable bonds is 4. The molecule has 98 valence electrons. The Kier molecular flexibility index (Phi) is 4.17. The van der Waals surface area contributed by atoms with Gasteiger partial charge in [-0.05, 0) is 33.6 Å². The lowest BCUT2D eigenvalue weighted by molar-refractivity contribution is -0.149. The van der Waals surface area contributed by atoms with Crippen molar-refractivity contribution in [1.82, 2.24) is 5.32 Å². The third-order valence-corrected chi connectivity index (χ3v) is 3.58. The zero-order valence-electron chi connectivity index (χ0n) is 11.0. The summed E-state index contributed by atoms with van der Waals surface area (Å²) in [6, 6.07) is 0. The molecule has 0 unspecified atom stereocenters. The Hall–Kier alpha value is -1.06. The molecule has 1 saturated carbocycles. The molecule has 1 fully saturated rings. The van der Waals surface area contributed by atoms with Crippen LogP contribution >= 0.6 is 0 Å². The Morgan fingerprint density at radius 1 is 1.24 bits per heavy atom. The lowest BCUT2D eigenvalue weighted by Crippen LogP contribution is -2.48. The number of carbonyl (C=O) groups excluding carboxylic acids is 1. The zero-order chi connectivity index (χ0) is 13.1. The summed E-state index contributed by atoms with van der Waals surface area (Å²) in [4.78, 5) is 22.8. The van der Waals surface area contributed by atoms with E-state index in [-0.39, 0.29) is 17.9 Å². The molecule has 1 aliphatic carbocycles. The van der Waals surface area contributed by atoms with Crippen molar-refractivity contribution in [2.24, 2.45) is 5.41 Å². The minimum absolute atomic E-state index is 0.0396. The van der Waals surface area contributed by atoms with Crippen LogP contribution < -0.4 is 5.32 Å². The van der Waals surface area contributed by atoms with Crippen LogP contribution in [0.15, 0.2) is 0 Å². The number of carboxylic acid groups (broad SMARTS) is 1. The number of aliphatic carboxylic acids is 1. The van der Waals surface area contributed by atoms with E-state index >= 15 is 0 Å². The molecule has 0 aliphatic heterocycles. The second-order valence-corrected chi connectivity index (χ2v) is 6.04. The minimum atomic E-state index is -0.991. The van der Waals surface area contributed by atoms with E-state index < -0.39 is 11.4 Å². The van der Waals surface area contributed by atoms with Crippen LogP contribution in [0.4, 0.5) is 0 Å². The highest BCUT2D eigenvalue weighted by atomic mass is 16.4. The third kappa shape index (κ3) is 4.02. The molecule has 4 heteroatoms. The zero-order valence-corrected chi connectivity index (χ0v) is 11.0. The number of amides is 1. The Bertz CT molecular complexity index is 304. The number of nitrogens with one attached hydrogen (secondary N) is 1. The van der Waals surface area contributed by atoms with Gasteiger partial charge in [-0.2, -0.15) is 0 Å². The van der Waals surface area contributed by atoms with Crippen LogP contribution in [0.5, 0.6) is 0 Å². The van der Waals surface area contributed by atoms with Gasteiger partial charge in [-0.15, -0.1) is 0 Å². The van der Waals surface area contributed by atoms with Gasteiger partial charge in [0.25, 0.3) is 0 Å². The van der Waals surface area contributed by atoms with E-state index in [0.29, 0.717) is 0 Å². The van der Waals surface area contributed by atoms with Gasteiger partial charge >= 0.3 is 5.97 Å². The molecular weight excluding hydrogens is 218 g/mol. The average molecular weight is 241 g/mol. The van der Waals surface area contributed by atoms with Gasteiger partial charge in [-0.1, -0.05) is 19.3 Å². The van der Waals surface area contributed by atoms with Crippen LogP contribution in [0.1, 0.15) is 59.3 Å². The molecular formula is C13H23NO3. The van der Waals surface area contributed by atoms with Crippen molar-refractivity contribution in [2.45, 2.75) is 64.8 Å². The summed E-state index contributed by atoms with van der Waals surface area (Å²) in [5.74, 6) is -1.08. The normalized spacial score (nSPS) is 19.7. The minimum Gasteiger partial charge on any atom is -0.481 e. The van der Waals surface area contributed by atoms with Gasteiger partial charge in [0.1, 0.15) is 0 Å². The van der Waals surface area contributed by atoms with Gasteiger partial charge in [-0.3, -0.25) is 9.59 Å². The Balaban J connectivity index is 2.52. The summed E-state index contributed by atoms with van der Waals surface area (Å²) in [5, 5.41) is 12.0. The van der Waals surface area contributed by atoms with Crippen molar-refractivity contribution in [3.8, 4) is 0 Å². The first-order chi connectivity index (χ1) is 7.75. The molecule has 0 aromatic heterocycles. The molecule has 1 rings (SSSR count). The van der Waals surface area contributed by atoms with Crippen molar-refractivity contribution in [3.63, 3.8) is 0 Å². The Morgan fingerprint density at radius 2 is 1.76 bits per heavy atom. The first-order valence-corrected chi connectivity index (χ1v) is 6.30. The van der Waals surface area contributed by atoms with Crippen molar-refractivity contribution < 1.29 is 14.7 Å². The fourth-order valence-corrected chi connectivity index (χ4v) is 2.31. The number of hydrogen-bond donors (Lipinski definition) is 2. The van der Waals surface area contributed by atoms with Gasteiger partial charge in [0.05, 0.1) is 5.41 Å². The maximum atomic E-state index is 11.9. The van der Waals surface area contributed by atoms with Crippen LogP contribution in [0.2, 0.25) is 0 Å². The van der Waals surface area contributed by atoms with Crippen LogP contribution in [0.25, 0.3) is 0 Å². The van der Waals surface area contributed by atoms with E-state index in [2.05, 4.69) is 12.2 Å². The predicted octanol–water partition coefficient (Wildman–Crippen LogP) is 2.33. The molecule has 0 heterocycles. The van der Waals surface area contributed by atoms with Crippen LogP contribution in [-0.4, -0.2) is 22.5 Å². The van der Waals surface area contributed by atoms with Crippen molar-refractivity contribution in [2.75, 3.05) is 0 Å². The van der Waals surface area contributed by atoms with Crippen molar-refractivity contribution in [1.29, 1.82) is 0 Å². The average Bonchev–Trinajstić information content (AvgIpc) is 2.16. The maximum Gasteiger partial charge on any atom is 0.309 e. The second-order valence-electron chi connectivity index (χ2n) is 6.04. The van der Waals surface area contributed by atoms with E-state index in [1.54, 1.807) is 13.8 Å². The molecule has 0 bridgehead atoms. The first-order valence-electron chi connectivity index (χ1n) is 6.30. The summed E-state index contributed by atoms with van der Waals surface area (Å²) in [6.45, 7) is 5.22. The quantitative estimate of drug-likeness (QED) is 0.793. The van der Waals surface area contributed by atoms with E-state index in [4.69, 9.17) is 5.11 Å². The molecule has 0 aromatic carbocycles. The van der Waals surface area contributed by atoms with Crippen LogP contribution in [-0.2, 0) is 9.59 Å². The fraction of sp³-hybridized carbons (Fsp3) is 0.846. The van der Waals surface area contributed by atoms with Gasteiger partial charge in [0, 0.05) is 12.0 Å². The largest absolute Gasteiger partial charge is 0.481 e. The molecule has 1 aliphatic rings. The lowest BCUT2D eigenvalue weighted by atomic mass is 9.82. The lowest BCUT2D eigenvalue weighted by Gasteiger charge is -2.35. The highest BCUT2D eigenvalue weighted by Crippen LogP contribution is 2.28. The van der Waals surface area contributed by atoms with E-state index in [0.717, 1.165) is 25.7 Å². The van der Waals surface area contributed by atoms with E-state index in [9.17, 15) is 9.59 Å². The molecule has 2 N–H and O–H groups in total. The molecule has 17 heavy (non-hydrogen) atoms. The highest BCUT2D eigenvalue weighted by molar-refractivity contribution is 5.84. The number of carboxylic acids is 1. The van der Waals surface area contributed by atoms with Gasteiger partial charge in [0.2, 0.25) is 5.91 Å². The van der Waals surface area contributed by atoms with Gasteiger partial charge in [-0.25, -0.2) is 0 Å². The fourth-order valence-electron chi connectivity index (χ4n) is 2.31. The molecule has 0 atom stereocenters. The summed E-state index contributed by atoms with van der Waals surface area (Å²) in [5.41, 5.74) is -1.13. The van der Waals surface area contributed by atoms with Gasteiger partial charge in [0.15, 0.2) is 0 Å². The van der Waals surface area contributed by atoms with Gasteiger partial charge < -0.3 is 10.4 Å². The second kappa shape index (κ2) is 5.07. The molecule has 0 saturated heterocycles. The summed E-state index contributed by atoms with van der Waals surface area (Å²) < 4.78 is 0. The molecule has 0 aromatic rings. The van der Waals surface area contributed by atoms with Crippen molar-refractivity contribution >= 4 is 11.9 Å².